The van der Waals surface area contributed by atoms with Crippen LogP contribution in [0.3, 0.4) is 0 Å². The number of nitrogens with one attached hydrogen (secondary N) is 1. The summed E-state index contributed by atoms with van der Waals surface area (Å²) in [5.74, 6) is 2.26. The number of carbonyl (C=O) groups excluding carboxylic acids is 1. The Morgan fingerprint density at radius 1 is 1.05 bits per heavy atom. The molecule has 3 aromatic carbocycles. The lowest BCUT2D eigenvalue weighted by molar-refractivity contribution is -0.121. The molecule has 0 atom stereocenters. The van der Waals surface area contributed by atoms with Gasteiger partial charge in [-0.25, -0.2) is 0 Å². The summed E-state index contributed by atoms with van der Waals surface area (Å²) in [6.07, 6.45) is 4.68. The Labute approximate surface area is 221 Å². The predicted octanol–water partition coefficient (Wildman–Crippen LogP) is 5.69. The van der Waals surface area contributed by atoms with Crippen molar-refractivity contribution in [1.29, 1.82) is 0 Å². The van der Waals surface area contributed by atoms with Crippen molar-refractivity contribution >= 4 is 23.7 Å². The first-order valence-electron chi connectivity index (χ1n) is 12.0. The molecule has 1 amide bonds. The van der Waals surface area contributed by atoms with Crippen LogP contribution in [0.2, 0.25) is 0 Å². The second-order valence-corrected chi connectivity index (χ2v) is 9.38. The average Bonchev–Trinajstić information content (AvgIpc) is 3.32. The molecule has 0 spiro atoms. The molecule has 8 heteroatoms. The molecular formula is C29H30N4O3S. The Bertz CT molecular complexity index is 1380. The number of rotatable bonds is 11. The smallest absolute Gasteiger partial charge is 0.220 e. The summed E-state index contributed by atoms with van der Waals surface area (Å²) in [6, 6.07) is 22.9. The molecule has 0 aliphatic carbocycles. The molecule has 1 heterocycles. The Morgan fingerprint density at radius 2 is 1.84 bits per heavy atom. The number of thioether (sulfide) groups is 1. The maximum atomic E-state index is 12.4. The van der Waals surface area contributed by atoms with Crippen LogP contribution in [-0.2, 0) is 17.1 Å². The number of carbonyl (C=O) groups is 1. The molecule has 0 unspecified atom stereocenters. The number of nitrogens with zero attached hydrogens (tertiary/aromatic N) is 3. The monoisotopic (exact) mass is 514 g/mol. The van der Waals surface area contributed by atoms with Crippen LogP contribution in [0.15, 0.2) is 84.0 Å². The van der Waals surface area contributed by atoms with E-state index in [9.17, 15) is 9.90 Å². The van der Waals surface area contributed by atoms with Gasteiger partial charge in [0.2, 0.25) is 5.91 Å². The Balaban J connectivity index is 1.42. The third-order valence-electron chi connectivity index (χ3n) is 5.84. The molecule has 0 aliphatic heterocycles. The lowest BCUT2D eigenvalue weighted by Crippen LogP contribution is -2.22. The number of amides is 1. The van der Waals surface area contributed by atoms with Gasteiger partial charge in [-0.3, -0.25) is 9.36 Å². The van der Waals surface area contributed by atoms with Crippen molar-refractivity contribution in [2.45, 2.75) is 37.2 Å². The van der Waals surface area contributed by atoms with Gasteiger partial charge in [-0.15, -0.1) is 10.2 Å². The van der Waals surface area contributed by atoms with Gasteiger partial charge in [0.15, 0.2) is 11.0 Å². The summed E-state index contributed by atoms with van der Waals surface area (Å²) >= 11 is 1.59. The number of phenolic OH excluding ortho intramolecular Hbond substituents is 1. The molecule has 190 valence electrons. The average molecular weight is 515 g/mol. The molecular weight excluding hydrogens is 484 g/mol. The third kappa shape index (κ3) is 7.01. The number of benzene rings is 3. The van der Waals surface area contributed by atoms with E-state index < -0.39 is 0 Å². The first-order valence-corrected chi connectivity index (χ1v) is 13.0. The summed E-state index contributed by atoms with van der Waals surface area (Å²) in [5.41, 5.74) is 4.16. The zero-order valence-corrected chi connectivity index (χ0v) is 21.7. The van der Waals surface area contributed by atoms with Crippen LogP contribution in [0.25, 0.3) is 11.8 Å². The maximum Gasteiger partial charge on any atom is 0.220 e. The fraction of sp³-hybridized carbons (Fsp3) is 0.207. The van der Waals surface area contributed by atoms with Gasteiger partial charge in [0, 0.05) is 30.3 Å². The summed E-state index contributed by atoms with van der Waals surface area (Å²) in [4.78, 5) is 12.4. The van der Waals surface area contributed by atoms with Crippen LogP contribution >= 0.6 is 11.8 Å². The van der Waals surface area contributed by atoms with Crippen LogP contribution in [0, 0.1) is 6.92 Å². The van der Waals surface area contributed by atoms with Gasteiger partial charge in [-0.1, -0.05) is 66.4 Å². The van der Waals surface area contributed by atoms with Crippen molar-refractivity contribution in [2.24, 2.45) is 0 Å². The van der Waals surface area contributed by atoms with E-state index in [1.807, 2.05) is 59.2 Å². The minimum absolute atomic E-state index is 0.0421. The maximum absolute atomic E-state index is 12.4. The number of hydrogen-bond donors (Lipinski definition) is 2. The second kappa shape index (κ2) is 12.8. The topological polar surface area (TPSA) is 89.3 Å². The van der Waals surface area contributed by atoms with E-state index in [2.05, 4.69) is 34.6 Å². The van der Waals surface area contributed by atoms with E-state index >= 15 is 0 Å². The highest BCUT2D eigenvalue weighted by Crippen LogP contribution is 2.28. The number of para-hydroxylation sites is 1. The van der Waals surface area contributed by atoms with Gasteiger partial charge in [0.25, 0.3) is 0 Å². The van der Waals surface area contributed by atoms with Gasteiger partial charge in [0.1, 0.15) is 11.5 Å². The number of hydrogen-bond acceptors (Lipinski definition) is 6. The van der Waals surface area contributed by atoms with Gasteiger partial charge in [-0.05, 0) is 48.7 Å². The molecule has 0 aliphatic rings. The summed E-state index contributed by atoms with van der Waals surface area (Å²) in [6.45, 7) is 2.51. The van der Waals surface area contributed by atoms with E-state index in [0.717, 1.165) is 27.9 Å². The Kier molecular flexibility index (Phi) is 8.99. The van der Waals surface area contributed by atoms with Gasteiger partial charge >= 0.3 is 0 Å². The number of methoxy groups -OCH3 is 1. The van der Waals surface area contributed by atoms with Crippen molar-refractivity contribution in [2.75, 3.05) is 7.11 Å². The SMILES string of the molecule is COc1ccccc1CNC(=O)CC/C=C/c1nnc(SCc2ccccc2C)n1-c1cccc(O)c1. The van der Waals surface area contributed by atoms with E-state index in [1.165, 1.54) is 11.1 Å². The fourth-order valence-electron chi connectivity index (χ4n) is 3.81. The number of aromatic nitrogens is 3. The highest BCUT2D eigenvalue weighted by Gasteiger charge is 2.14. The number of allylic oxidation sites excluding steroid dienone is 1. The first kappa shape index (κ1) is 26.0. The third-order valence-corrected chi connectivity index (χ3v) is 6.82. The molecule has 37 heavy (non-hydrogen) atoms. The van der Waals surface area contributed by atoms with Crippen molar-refractivity contribution in [3.05, 3.63) is 101 Å². The molecule has 0 saturated carbocycles. The zero-order valence-electron chi connectivity index (χ0n) is 20.9. The van der Waals surface area contributed by atoms with Crippen LogP contribution in [-0.4, -0.2) is 32.9 Å². The molecule has 0 fully saturated rings. The van der Waals surface area contributed by atoms with Crippen molar-refractivity contribution in [3.8, 4) is 17.2 Å². The molecule has 1 aromatic heterocycles. The first-order chi connectivity index (χ1) is 18.0. The van der Waals surface area contributed by atoms with E-state index in [0.29, 0.717) is 25.2 Å². The largest absolute Gasteiger partial charge is 0.508 e. The number of phenols is 1. The van der Waals surface area contributed by atoms with E-state index in [1.54, 1.807) is 37.1 Å². The van der Waals surface area contributed by atoms with Gasteiger partial charge in [-0.2, -0.15) is 0 Å². The molecule has 4 aromatic rings. The molecule has 0 saturated heterocycles. The van der Waals surface area contributed by atoms with Crippen molar-refractivity contribution in [3.63, 3.8) is 0 Å². The number of aryl methyl sites for hydroxylation is 1. The normalized spacial score (nSPS) is 11.1. The molecule has 4 rings (SSSR count). The minimum atomic E-state index is -0.0421. The molecule has 0 bridgehead atoms. The second-order valence-electron chi connectivity index (χ2n) is 8.44. The molecule has 0 radical (unpaired) electrons. The summed E-state index contributed by atoms with van der Waals surface area (Å²) < 4.78 is 7.25. The van der Waals surface area contributed by atoms with E-state index in [4.69, 9.17) is 4.74 Å². The number of ether oxygens (including phenoxy) is 1. The minimum Gasteiger partial charge on any atom is -0.508 e. The van der Waals surface area contributed by atoms with Crippen LogP contribution in [0.1, 0.15) is 35.4 Å². The standard InChI is InChI=1S/C29H30N4O3S/c1-21-10-3-4-12-23(21)20-37-29-32-31-27(33(29)24-13-9-14-25(34)18-24)16-7-8-17-28(35)30-19-22-11-5-6-15-26(22)36-2/h3-7,9-16,18,34H,8,17,19-20H2,1-2H3,(H,30,35)/b16-7+. The Hall–Kier alpha value is -4.04. The van der Waals surface area contributed by atoms with Crippen LogP contribution < -0.4 is 10.1 Å². The quantitative estimate of drug-likeness (QED) is 0.250. The number of aromatic hydroxyl groups is 1. The zero-order chi connectivity index (χ0) is 26.0. The van der Waals surface area contributed by atoms with Crippen LogP contribution in [0.4, 0.5) is 0 Å². The Morgan fingerprint density at radius 3 is 2.62 bits per heavy atom. The fourth-order valence-corrected chi connectivity index (χ4v) is 4.84. The highest BCUT2D eigenvalue weighted by atomic mass is 32.2. The summed E-state index contributed by atoms with van der Waals surface area (Å²) in [5, 5.41) is 22.5. The van der Waals surface area contributed by atoms with Gasteiger partial charge < -0.3 is 15.2 Å². The summed E-state index contributed by atoms with van der Waals surface area (Å²) in [7, 11) is 1.62. The highest BCUT2D eigenvalue weighted by molar-refractivity contribution is 7.98. The van der Waals surface area contributed by atoms with Gasteiger partial charge in [0.05, 0.1) is 12.8 Å². The molecule has 7 nitrogen and oxygen atoms in total. The lowest BCUT2D eigenvalue weighted by Gasteiger charge is -2.10. The predicted molar refractivity (Wildman–Crippen MR) is 147 cm³/mol. The van der Waals surface area contributed by atoms with E-state index in [-0.39, 0.29) is 11.7 Å². The molecule has 2 N–H and O–H groups in total. The van der Waals surface area contributed by atoms with Crippen molar-refractivity contribution in [1.82, 2.24) is 20.1 Å². The van der Waals surface area contributed by atoms with Crippen molar-refractivity contribution < 1.29 is 14.6 Å². The lowest BCUT2D eigenvalue weighted by atomic mass is 10.1. The van der Waals surface area contributed by atoms with Crippen LogP contribution in [0.5, 0.6) is 11.5 Å².